The number of amides is 2. The monoisotopic (exact) mass is 478 g/mol. The average Bonchev–Trinajstić information content (AvgIpc) is 3.66. The zero-order chi connectivity index (χ0) is 24.1. The zero-order valence-electron chi connectivity index (χ0n) is 18.6. The summed E-state index contributed by atoms with van der Waals surface area (Å²) in [5.41, 5.74) is 1.03. The third-order valence-electron chi connectivity index (χ3n) is 5.88. The number of carbonyl (C=O) groups is 2. The molecule has 1 aromatic heterocycles. The molecule has 0 saturated carbocycles. The molecular formula is C22H18N6O7. The lowest BCUT2D eigenvalue weighted by atomic mass is 10.1. The highest BCUT2D eigenvalue weighted by molar-refractivity contribution is 6.25. The maximum atomic E-state index is 13.3. The normalized spacial score (nSPS) is 20.1. The van der Waals surface area contributed by atoms with Crippen LogP contribution in [0.1, 0.15) is 5.89 Å². The van der Waals surface area contributed by atoms with Gasteiger partial charge in [-0.25, -0.2) is 4.90 Å². The summed E-state index contributed by atoms with van der Waals surface area (Å²) in [6, 6.07) is 8.21. The van der Waals surface area contributed by atoms with E-state index in [9.17, 15) is 9.59 Å². The minimum Gasteiger partial charge on any atom is -0.493 e. The fourth-order valence-electron chi connectivity index (χ4n) is 4.18. The highest BCUT2D eigenvalue weighted by atomic mass is 16.7. The number of hydrogen-bond acceptors (Lipinski definition) is 12. The summed E-state index contributed by atoms with van der Waals surface area (Å²) < 4.78 is 26.6. The van der Waals surface area contributed by atoms with Gasteiger partial charge in [0.25, 0.3) is 11.8 Å². The fraction of sp³-hybridized carbons (Fsp3) is 0.273. The first kappa shape index (κ1) is 20.9. The predicted octanol–water partition coefficient (Wildman–Crippen LogP) is 1.98. The number of methoxy groups -OCH3 is 2. The highest BCUT2D eigenvalue weighted by Crippen LogP contribution is 2.38. The lowest BCUT2D eigenvalue weighted by Crippen LogP contribution is -2.39. The Morgan fingerprint density at radius 2 is 1.83 bits per heavy atom. The second kappa shape index (κ2) is 7.97. The molecule has 13 heteroatoms. The molecule has 0 aliphatic carbocycles. The molecule has 2 atom stereocenters. The van der Waals surface area contributed by atoms with Crippen LogP contribution in [0.3, 0.4) is 0 Å². The van der Waals surface area contributed by atoms with E-state index in [0.29, 0.717) is 40.1 Å². The number of rotatable bonds is 6. The van der Waals surface area contributed by atoms with Crippen molar-refractivity contribution in [2.24, 2.45) is 10.3 Å². The third kappa shape index (κ3) is 3.31. The van der Waals surface area contributed by atoms with E-state index in [0.717, 1.165) is 4.90 Å². The van der Waals surface area contributed by atoms with Gasteiger partial charge in [0.15, 0.2) is 35.1 Å². The Hall–Kier alpha value is -4.68. The largest absolute Gasteiger partial charge is 0.493 e. The molecule has 6 rings (SSSR count). The van der Waals surface area contributed by atoms with Gasteiger partial charge in [-0.1, -0.05) is 10.4 Å². The Balaban J connectivity index is 1.22. The van der Waals surface area contributed by atoms with Gasteiger partial charge in [0.1, 0.15) is 6.54 Å². The SMILES string of the molecule is COc1ccc(N2C(=O)[C@@H]3[C@@H](N=NN3Cc3nc(-c4ccc5c(c4)OCO5)no3)C2=O)cc1OC. The van der Waals surface area contributed by atoms with Crippen LogP contribution < -0.4 is 23.8 Å². The van der Waals surface area contributed by atoms with E-state index in [2.05, 4.69) is 20.5 Å². The number of imide groups is 1. The van der Waals surface area contributed by atoms with E-state index < -0.39 is 23.9 Å². The first-order valence-corrected chi connectivity index (χ1v) is 10.6. The van der Waals surface area contributed by atoms with E-state index in [4.69, 9.17) is 23.5 Å². The Labute approximate surface area is 197 Å². The van der Waals surface area contributed by atoms with Gasteiger partial charge >= 0.3 is 0 Å². The Kier molecular flexibility index (Phi) is 4.76. The van der Waals surface area contributed by atoms with Crippen LogP contribution in [0.15, 0.2) is 51.3 Å². The minimum absolute atomic E-state index is 0.00100. The topological polar surface area (TPSA) is 141 Å². The van der Waals surface area contributed by atoms with Crippen molar-refractivity contribution in [3.63, 3.8) is 0 Å². The van der Waals surface area contributed by atoms with Gasteiger partial charge in [0, 0.05) is 11.6 Å². The standard InChI is InChI=1S/C22H18N6O7/c1-31-13-6-4-12(8-15(13)32-2)28-21(29)18-19(22(28)30)27(26-24-18)9-17-23-20(25-35-17)11-3-5-14-16(7-11)34-10-33-14/h3-8,18-19H,9-10H2,1-2H3/t18-,19+/m1/s1. The second-order valence-corrected chi connectivity index (χ2v) is 7.82. The van der Waals surface area contributed by atoms with Crippen molar-refractivity contribution in [3.05, 3.63) is 42.3 Å². The number of nitrogens with zero attached hydrogens (tertiary/aromatic N) is 6. The van der Waals surface area contributed by atoms with E-state index in [1.807, 2.05) is 0 Å². The van der Waals surface area contributed by atoms with E-state index in [1.165, 1.54) is 19.2 Å². The Bertz CT molecular complexity index is 1370. The Morgan fingerprint density at radius 3 is 2.66 bits per heavy atom. The summed E-state index contributed by atoms with van der Waals surface area (Å²) in [6.07, 6.45) is 0. The molecule has 0 spiro atoms. The molecule has 3 aliphatic rings. The predicted molar refractivity (Wildman–Crippen MR) is 116 cm³/mol. The number of benzene rings is 2. The molecule has 0 N–H and O–H groups in total. The number of aromatic nitrogens is 2. The molecule has 3 aromatic rings. The number of hydrogen-bond donors (Lipinski definition) is 0. The summed E-state index contributed by atoms with van der Waals surface area (Å²) in [4.78, 5) is 31.7. The van der Waals surface area contributed by atoms with Crippen molar-refractivity contribution in [2.75, 3.05) is 25.9 Å². The number of anilines is 1. The van der Waals surface area contributed by atoms with Gasteiger partial charge < -0.3 is 23.5 Å². The molecule has 0 bridgehead atoms. The van der Waals surface area contributed by atoms with E-state index in [1.54, 1.807) is 36.4 Å². The van der Waals surface area contributed by atoms with Crippen molar-refractivity contribution in [2.45, 2.75) is 18.6 Å². The van der Waals surface area contributed by atoms with Crippen molar-refractivity contribution in [1.29, 1.82) is 0 Å². The summed E-state index contributed by atoms with van der Waals surface area (Å²) in [5, 5.41) is 13.4. The van der Waals surface area contributed by atoms with Crippen LogP contribution in [0.4, 0.5) is 5.69 Å². The molecule has 178 valence electrons. The number of fused-ring (bicyclic) bond motifs is 2. The summed E-state index contributed by atoms with van der Waals surface area (Å²) >= 11 is 0. The molecule has 4 heterocycles. The zero-order valence-corrected chi connectivity index (χ0v) is 18.6. The van der Waals surface area contributed by atoms with Crippen molar-refractivity contribution in [1.82, 2.24) is 15.1 Å². The van der Waals surface area contributed by atoms with Gasteiger partial charge in [0.2, 0.25) is 18.5 Å². The van der Waals surface area contributed by atoms with Gasteiger partial charge in [-0.15, -0.1) is 0 Å². The van der Waals surface area contributed by atoms with Crippen molar-refractivity contribution < 1.29 is 33.1 Å². The van der Waals surface area contributed by atoms with Crippen LogP contribution in [0.5, 0.6) is 23.0 Å². The maximum Gasteiger partial charge on any atom is 0.263 e. The second-order valence-electron chi connectivity index (χ2n) is 7.82. The molecule has 0 unspecified atom stereocenters. The molecule has 0 radical (unpaired) electrons. The first-order chi connectivity index (χ1) is 17.1. The summed E-state index contributed by atoms with van der Waals surface area (Å²) in [5.74, 6) is 1.71. The minimum atomic E-state index is -0.966. The Morgan fingerprint density at radius 1 is 1.00 bits per heavy atom. The molecule has 13 nitrogen and oxygen atoms in total. The third-order valence-corrected chi connectivity index (χ3v) is 5.88. The van der Waals surface area contributed by atoms with Crippen LogP contribution in [0.25, 0.3) is 11.4 Å². The van der Waals surface area contributed by atoms with Gasteiger partial charge in [0.05, 0.1) is 19.9 Å². The fourth-order valence-corrected chi connectivity index (χ4v) is 4.18. The highest BCUT2D eigenvalue weighted by Gasteiger charge is 2.55. The quantitative estimate of drug-likeness (QED) is 0.483. The van der Waals surface area contributed by atoms with Crippen LogP contribution in [0, 0.1) is 0 Å². The van der Waals surface area contributed by atoms with E-state index >= 15 is 0 Å². The summed E-state index contributed by atoms with van der Waals surface area (Å²) in [7, 11) is 2.98. The van der Waals surface area contributed by atoms with Gasteiger partial charge in [-0.3, -0.25) is 14.6 Å². The summed E-state index contributed by atoms with van der Waals surface area (Å²) in [6.45, 7) is 0.160. The van der Waals surface area contributed by atoms with Crippen LogP contribution in [-0.2, 0) is 16.1 Å². The number of carbonyl (C=O) groups excluding carboxylic acids is 2. The van der Waals surface area contributed by atoms with Crippen LogP contribution >= 0.6 is 0 Å². The van der Waals surface area contributed by atoms with Crippen molar-refractivity contribution >= 4 is 17.5 Å². The average molecular weight is 478 g/mol. The first-order valence-electron chi connectivity index (χ1n) is 10.6. The lowest BCUT2D eigenvalue weighted by molar-refractivity contribution is -0.123. The number of ether oxygens (including phenoxy) is 4. The molecule has 2 amide bonds. The van der Waals surface area contributed by atoms with Gasteiger partial charge in [-0.05, 0) is 30.3 Å². The molecule has 35 heavy (non-hydrogen) atoms. The lowest BCUT2D eigenvalue weighted by Gasteiger charge is -2.20. The molecule has 1 saturated heterocycles. The smallest absolute Gasteiger partial charge is 0.263 e. The van der Waals surface area contributed by atoms with E-state index in [-0.39, 0.29) is 19.2 Å². The molecule has 3 aliphatic heterocycles. The molecular weight excluding hydrogens is 460 g/mol. The van der Waals surface area contributed by atoms with Crippen molar-refractivity contribution in [3.8, 4) is 34.4 Å². The van der Waals surface area contributed by atoms with Crippen LogP contribution in [-0.4, -0.2) is 60.1 Å². The van der Waals surface area contributed by atoms with Crippen LogP contribution in [0.2, 0.25) is 0 Å². The molecule has 1 fully saturated rings. The maximum absolute atomic E-state index is 13.3. The molecule has 2 aromatic carbocycles. The van der Waals surface area contributed by atoms with Gasteiger partial charge in [-0.2, -0.15) is 10.1 Å².